The van der Waals surface area contributed by atoms with Crippen molar-refractivity contribution in [3.8, 4) is 0 Å². The van der Waals surface area contributed by atoms with Gasteiger partial charge in [0.2, 0.25) is 0 Å². The van der Waals surface area contributed by atoms with Gasteiger partial charge in [-0.15, -0.1) is 0 Å². The topological polar surface area (TPSA) is 18.5 Å². The second kappa shape index (κ2) is 6.76. The smallest absolute Gasteiger partial charge is 0.116 e. The molecule has 19 heavy (non-hydrogen) atoms. The third-order valence-corrected chi connectivity index (χ3v) is 3.91. The number of rotatable bonds is 5. The summed E-state index contributed by atoms with van der Waals surface area (Å²) in [4.78, 5) is 0. The molecule has 1 fully saturated rings. The van der Waals surface area contributed by atoms with Gasteiger partial charge in [-0.25, -0.2) is 0 Å². The molecule has 0 radical (unpaired) electrons. The van der Waals surface area contributed by atoms with Crippen molar-refractivity contribution in [2.45, 2.75) is 45.1 Å². The van der Waals surface area contributed by atoms with Crippen molar-refractivity contribution in [1.82, 2.24) is 0 Å². The maximum atomic E-state index is 5.95. The van der Waals surface area contributed by atoms with Crippen LogP contribution in [0.3, 0.4) is 0 Å². The summed E-state index contributed by atoms with van der Waals surface area (Å²) in [6.07, 6.45) is 6.43. The van der Waals surface area contributed by atoms with E-state index in [0.717, 1.165) is 25.0 Å². The van der Waals surface area contributed by atoms with Crippen molar-refractivity contribution in [3.05, 3.63) is 42.2 Å². The van der Waals surface area contributed by atoms with Crippen LogP contribution in [0.4, 0.5) is 0 Å². The van der Waals surface area contributed by atoms with Gasteiger partial charge >= 0.3 is 0 Å². The Kier molecular flexibility index (Phi) is 5.03. The molecule has 1 aliphatic rings. The Morgan fingerprint density at radius 3 is 2.74 bits per heavy atom. The van der Waals surface area contributed by atoms with Crippen LogP contribution in [0.2, 0.25) is 0 Å². The zero-order chi connectivity index (χ0) is 13.6. The molecule has 2 heteroatoms. The highest BCUT2D eigenvalue weighted by Gasteiger charge is 2.31. The third kappa shape index (κ3) is 3.84. The largest absolute Gasteiger partial charge is 0.498 e. The molecule has 0 N–H and O–H groups in total. The van der Waals surface area contributed by atoms with Crippen LogP contribution in [0.25, 0.3) is 5.57 Å². The number of allylic oxidation sites excluding steroid dienone is 1. The summed E-state index contributed by atoms with van der Waals surface area (Å²) in [7, 11) is 0. The van der Waals surface area contributed by atoms with Crippen molar-refractivity contribution in [2.75, 3.05) is 13.2 Å². The summed E-state index contributed by atoms with van der Waals surface area (Å²) in [6.45, 7) is 5.80. The monoisotopic (exact) mass is 260 g/mol. The van der Waals surface area contributed by atoms with Crippen molar-refractivity contribution < 1.29 is 9.47 Å². The molecule has 0 aliphatic carbocycles. The molecule has 0 saturated carbocycles. The zero-order valence-corrected chi connectivity index (χ0v) is 12.0. The highest BCUT2D eigenvalue weighted by Crippen LogP contribution is 2.28. The van der Waals surface area contributed by atoms with E-state index in [1.165, 1.54) is 18.4 Å². The Morgan fingerprint density at radius 2 is 2.11 bits per heavy atom. The van der Waals surface area contributed by atoms with Gasteiger partial charge in [-0.05, 0) is 43.7 Å². The molecule has 0 aromatic heterocycles. The van der Waals surface area contributed by atoms with Gasteiger partial charge in [-0.1, -0.05) is 37.3 Å². The van der Waals surface area contributed by atoms with Gasteiger partial charge in [-0.2, -0.15) is 0 Å². The second-order valence-corrected chi connectivity index (χ2v) is 5.32. The lowest BCUT2D eigenvalue weighted by molar-refractivity contribution is -0.111. The van der Waals surface area contributed by atoms with Gasteiger partial charge in [0.15, 0.2) is 0 Å². The van der Waals surface area contributed by atoms with Crippen LogP contribution in [0.1, 0.15) is 45.1 Å². The van der Waals surface area contributed by atoms with E-state index in [-0.39, 0.29) is 5.60 Å². The molecule has 2 rings (SSSR count). The number of hydrogen-bond donors (Lipinski definition) is 0. The zero-order valence-electron chi connectivity index (χ0n) is 12.0. The van der Waals surface area contributed by atoms with Gasteiger partial charge in [0.1, 0.15) is 12.2 Å². The first-order chi connectivity index (χ1) is 9.26. The van der Waals surface area contributed by atoms with E-state index >= 15 is 0 Å². The Bertz CT molecular complexity index is 403. The molecule has 1 atom stereocenters. The molecular formula is C17H24O2. The predicted molar refractivity (Wildman–Crippen MR) is 78.9 cm³/mol. The molecule has 0 amide bonds. The number of benzene rings is 1. The molecule has 1 saturated heterocycles. The summed E-state index contributed by atoms with van der Waals surface area (Å²) in [6, 6.07) is 10.3. The summed E-state index contributed by atoms with van der Waals surface area (Å²) < 4.78 is 11.7. The van der Waals surface area contributed by atoms with E-state index in [9.17, 15) is 0 Å². The quantitative estimate of drug-likeness (QED) is 0.730. The van der Waals surface area contributed by atoms with Crippen molar-refractivity contribution in [1.29, 1.82) is 0 Å². The second-order valence-electron chi connectivity index (χ2n) is 5.32. The predicted octanol–water partition coefficient (Wildman–Crippen LogP) is 4.41. The van der Waals surface area contributed by atoms with Crippen molar-refractivity contribution in [2.24, 2.45) is 0 Å². The first-order valence-electron chi connectivity index (χ1n) is 7.23. The lowest BCUT2D eigenvalue weighted by atomic mass is 9.92. The van der Waals surface area contributed by atoms with Crippen LogP contribution < -0.4 is 0 Å². The van der Waals surface area contributed by atoms with Gasteiger partial charge in [0, 0.05) is 6.61 Å². The minimum atomic E-state index is -0.0638. The standard InChI is InChI=1S/C17H24O2/c1-3-17(11-7-8-12-19-17)14-18-13-15(2)16-9-5-4-6-10-16/h4-6,9-10,13H,3,7-8,11-12,14H2,1-2H3/b15-13-. The lowest BCUT2D eigenvalue weighted by Gasteiger charge is -2.35. The molecule has 0 spiro atoms. The first-order valence-corrected chi connectivity index (χ1v) is 7.23. The summed E-state index contributed by atoms with van der Waals surface area (Å²) >= 11 is 0. The first kappa shape index (κ1) is 14.1. The minimum absolute atomic E-state index is 0.0638. The van der Waals surface area contributed by atoms with Crippen LogP contribution in [-0.4, -0.2) is 18.8 Å². The highest BCUT2D eigenvalue weighted by atomic mass is 16.5. The van der Waals surface area contributed by atoms with E-state index in [1.54, 1.807) is 0 Å². The van der Waals surface area contributed by atoms with Crippen LogP contribution in [0, 0.1) is 0 Å². The fraction of sp³-hybridized carbons (Fsp3) is 0.529. The molecule has 2 nitrogen and oxygen atoms in total. The molecule has 1 unspecified atom stereocenters. The van der Waals surface area contributed by atoms with E-state index in [1.807, 2.05) is 24.5 Å². The van der Waals surface area contributed by atoms with Crippen LogP contribution >= 0.6 is 0 Å². The summed E-state index contributed by atoms with van der Waals surface area (Å²) in [5.41, 5.74) is 2.30. The third-order valence-electron chi connectivity index (χ3n) is 3.91. The summed E-state index contributed by atoms with van der Waals surface area (Å²) in [5.74, 6) is 0. The van der Waals surface area contributed by atoms with E-state index in [0.29, 0.717) is 6.61 Å². The molecule has 1 heterocycles. The normalized spacial score (nSPS) is 24.2. The highest BCUT2D eigenvalue weighted by molar-refractivity contribution is 5.62. The van der Waals surface area contributed by atoms with Crippen LogP contribution in [-0.2, 0) is 9.47 Å². The molecule has 0 bridgehead atoms. The number of ether oxygens (including phenoxy) is 2. The Balaban J connectivity index is 1.91. The van der Waals surface area contributed by atoms with Crippen molar-refractivity contribution in [3.63, 3.8) is 0 Å². The van der Waals surface area contributed by atoms with Crippen molar-refractivity contribution >= 4 is 5.57 Å². The lowest BCUT2D eigenvalue weighted by Crippen LogP contribution is -2.39. The SMILES string of the molecule is CCC1(CO/C=C(/C)c2ccccc2)CCCCO1. The Hall–Kier alpha value is -1.28. The molecule has 1 aromatic rings. The molecule has 104 valence electrons. The van der Waals surface area contributed by atoms with Gasteiger partial charge in [0.05, 0.1) is 6.26 Å². The fourth-order valence-corrected chi connectivity index (χ4v) is 2.49. The van der Waals surface area contributed by atoms with E-state index in [4.69, 9.17) is 9.47 Å². The van der Waals surface area contributed by atoms with Gasteiger partial charge in [-0.3, -0.25) is 0 Å². The maximum absolute atomic E-state index is 5.95. The van der Waals surface area contributed by atoms with Crippen LogP contribution in [0.5, 0.6) is 0 Å². The van der Waals surface area contributed by atoms with Gasteiger partial charge in [0.25, 0.3) is 0 Å². The van der Waals surface area contributed by atoms with Crippen LogP contribution in [0.15, 0.2) is 36.6 Å². The summed E-state index contributed by atoms with van der Waals surface area (Å²) in [5, 5.41) is 0. The average molecular weight is 260 g/mol. The Labute approximate surface area is 116 Å². The van der Waals surface area contributed by atoms with E-state index < -0.39 is 0 Å². The minimum Gasteiger partial charge on any atom is -0.498 e. The molecule has 1 aromatic carbocycles. The molecule has 1 aliphatic heterocycles. The molecular weight excluding hydrogens is 236 g/mol. The van der Waals surface area contributed by atoms with Gasteiger partial charge < -0.3 is 9.47 Å². The fourth-order valence-electron chi connectivity index (χ4n) is 2.49. The van der Waals surface area contributed by atoms with E-state index in [2.05, 4.69) is 26.0 Å². The Morgan fingerprint density at radius 1 is 1.32 bits per heavy atom. The number of hydrogen-bond acceptors (Lipinski definition) is 2. The maximum Gasteiger partial charge on any atom is 0.116 e. The average Bonchev–Trinajstić information content (AvgIpc) is 2.49.